The molecule has 3 rings (SSSR count). The summed E-state index contributed by atoms with van der Waals surface area (Å²) < 4.78 is 19.0. The minimum Gasteiger partial charge on any atom is -0.492 e. The number of esters is 1. The van der Waals surface area contributed by atoms with Crippen LogP contribution in [0.5, 0.6) is 5.75 Å². The largest absolute Gasteiger partial charge is 0.492 e. The number of nitrogens with zero attached hydrogens (tertiary/aromatic N) is 1. The van der Waals surface area contributed by atoms with Crippen LogP contribution in [0.15, 0.2) is 53.5 Å². The molecule has 0 amide bonds. The van der Waals surface area contributed by atoms with Crippen molar-refractivity contribution in [3.63, 3.8) is 0 Å². The van der Waals surface area contributed by atoms with Crippen LogP contribution >= 0.6 is 11.8 Å². The standard InChI is InChI=1S/C27H35NO4S/c1-5-30-26(27(29)31-6-2)19-21-8-12-23(13-9-21)32-18-17-28-20(3)7-16-25(28)22-10-14-24(33-4)15-11-22/h7-10,12-14,16,26H,5-6,11,15,17-19H2,1-4H3. The average Bonchev–Trinajstić information content (AvgIpc) is 3.20. The van der Waals surface area contributed by atoms with E-state index in [2.05, 4.69) is 42.0 Å². The van der Waals surface area contributed by atoms with Gasteiger partial charge in [-0.05, 0) is 80.2 Å². The van der Waals surface area contributed by atoms with Crippen molar-refractivity contribution in [2.75, 3.05) is 26.1 Å². The van der Waals surface area contributed by atoms with Gasteiger partial charge in [0.25, 0.3) is 0 Å². The molecule has 1 aromatic heterocycles. The fourth-order valence-corrected chi connectivity index (χ4v) is 4.50. The number of rotatable bonds is 12. The van der Waals surface area contributed by atoms with E-state index in [1.54, 1.807) is 6.92 Å². The molecule has 5 nitrogen and oxygen atoms in total. The highest BCUT2D eigenvalue weighted by atomic mass is 32.2. The van der Waals surface area contributed by atoms with Crippen molar-refractivity contribution < 1.29 is 19.0 Å². The van der Waals surface area contributed by atoms with Crippen LogP contribution in [-0.4, -0.2) is 42.7 Å². The van der Waals surface area contributed by atoms with Crippen molar-refractivity contribution in [3.8, 4) is 5.75 Å². The second-order valence-electron chi connectivity index (χ2n) is 7.93. The highest BCUT2D eigenvalue weighted by Gasteiger charge is 2.20. The monoisotopic (exact) mass is 469 g/mol. The molecule has 178 valence electrons. The summed E-state index contributed by atoms with van der Waals surface area (Å²) in [7, 11) is 0. The minimum atomic E-state index is -0.576. The third kappa shape index (κ3) is 7.02. The summed E-state index contributed by atoms with van der Waals surface area (Å²) in [5, 5.41) is 0. The maximum atomic E-state index is 12.1. The molecule has 1 aliphatic carbocycles. The van der Waals surface area contributed by atoms with Crippen molar-refractivity contribution in [1.29, 1.82) is 0 Å². The molecule has 0 N–H and O–H groups in total. The van der Waals surface area contributed by atoms with E-state index < -0.39 is 6.10 Å². The SMILES string of the molecule is CCOC(=O)C(Cc1ccc(OCCn2c(C)ccc2C2=CC=C(SC)CC2)cc1)OCC. The maximum absolute atomic E-state index is 12.1. The van der Waals surface area contributed by atoms with Gasteiger partial charge in [-0.25, -0.2) is 4.79 Å². The Hall–Kier alpha value is -2.44. The van der Waals surface area contributed by atoms with E-state index in [4.69, 9.17) is 14.2 Å². The molecule has 6 heteroatoms. The van der Waals surface area contributed by atoms with Crippen LogP contribution in [0.3, 0.4) is 0 Å². The number of benzene rings is 1. The van der Waals surface area contributed by atoms with Crippen molar-refractivity contribution in [1.82, 2.24) is 4.57 Å². The molecular weight excluding hydrogens is 434 g/mol. The molecule has 1 unspecified atom stereocenters. The van der Waals surface area contributed by atoms with E-state index in [1.165, 1.54) is 21.9 Å². The Morgan fingerprint density at radius 2 is 1.85 bits per heavy atom. The molecule has 1 heterocycles. The van der Waals surface area contributed by atoms with Gasteiger partial charge in [0.05, 0.1) is 13.2 Å². The molecule has 33 heavy (non-hydrogen) atoms. The molecule has 0 radical (unpaired) electrons. The average molecular weight is 470 g/mol. The van der Waals surface area contributed by atoms with Gasteiger partial charge in [0, 0.05) is 24.4 Å². The van der Waals surface area contributed by atoms with E-state index in [0.29, 0.717) is 26.2 Å². The minimum absolute atomic E-state index is 0.314. The topological polar surface area (TPSA) is 49.7 Å². The number of hydrogen-bond donors (Lipinski definition) is 0. The van der Waals surface area contributed by atoms with E-state index in [-0.39, 0.29) is 5.97 Å². The Labute approximate surface area is 201 Å². The Bertz CT molecular complexity index is 975. The van der Waals surface area contributed by atoms with Crippen molar-refractivity contribution >= 4 is 23.3 Å². The second kappa shape index (κ2) is 12.7. The molecule has 0 saturated heterocycles. The molecule has 1 atom stereocenters. The van der Waals surface area contributed by atoms with Crippen LogP contribution < -0.4 is 4.74 Å². The van der Waals surface area contributed by atoms with Crippen LogP contribution in [-0.2, 0) is 27.2 Å². The van der Waals surface area contributed by atoms with Gasteiger partial charge in [-0.3, -0.25) is 0 Å². The number of carbonyl (C=O) groups excluding carboxylic acids is 1. The fraction of sp³-hybridized carbons (Fsp3) is 0.444. The molecular formula is C27H35NO4S. The van der Waals surface area contributed by atoms with Crippen molar-refractivity contribution in [2.45, 2.75) is 52.7 Å². The first-order chi connectivity index (χ1) is 16.0. The lowest BCUT2D eigenvalue weighted by Crippen LogP contribution is -2.28. The zero-order valence-corrected chi connectivity index (χ0v) is 21.0. The van der Waals surface area contributed by atoms with Crippen LogP contribution in [0.4, 0.5) is 0 Å². The first-order valence-corrected chi connectivity index (χ1v) is 12.9. The number of allylic oxidation sites excluding steroid dienone is 4. The van der Waals surface area contributed by atoms with E-state index in [9.17, 15) is 4.79 Å². The van der Waals surface area contributed by atoms with Crippen LogP contribution in [0, 0.1) is 6.92 Å². The summed E-state index contributed by atoms with van der Waals surface area (Å²) in [4.78, 5) is 13.5. The molecule has 1 aliphatic rings. The van der Waals surface area contributed by atoms with Crippen molar-refractivity contribution in [3.05, 3.63) is 70.4 Å². The zero-order chi connectivity index (χ0) is 23.6. The second-order valence-corrected chi connectivity index (χ2v) is 8.87. The van der Waals surface area contributed by atoms with Crippen LogP contribution in [0.2, 0.25) is 0 Å². The maximum Gasteiger partial charge on any atom is 0.335 e. The molecule has 0 saturated carbocycles. The smallest absolute Gasteiger partial charge is 0.335 e. The summed E-state index contributed by atoms with van der Waals surface area (Å²) in [6, 6.07) is 12.3. The molecule has 2 aromatic rings. The molecule has 0 bridgehead atoms. The summed E-state index contributed by atoms with van der Waals surface area (Å²) in [5.74, 6) is 0.504. The highest BCUT2D eigenvalue weighted by molar-refractivity contribution is 8.02. The first-order valence-electron chi connectivity index (χ1n) is 11.7. The summed E-state index contributed by atoms with van der Waals surface area (Å²) >= 11 is 1.83. The number of aromatic nitrogens is 1. The number of thioether (sulfide) groups is 1. The number of aryl methyl sites for hydroxylation is 1. The normalized spacial score (nSPS) is 14.4. The van der Waals surface area contributed by atoms with Gasteiger partial charge >= 0.3 is 5.97 Å². The Morgan fingerprint density at radius 1 is 1.06 bits per heavy atom. The van der Waals surface area contributed by atoms with E-state index in [0.717, 1.165) is 30.7 Å². The van der Waals surface area contributed by atoms with Gasteiger partial charge in [0.1, 0.15) is 12.4 Å². The van der Waals surface area contributed by atoms with Gasteiger partial charge in [-0.2, -0.15) is 0 Å². The number of carbonyl (C=O) groups is 1. The fourth-order valence-electron chi connectivity index (χ4n) is 3.99. The Balaban J connectivity index is 1.57. The third-order valence-electron chi connectivity index (χ3n) is 5.75. The van der Waals surface area contributed by atoms with Gasteiger partial charge in [0.2, 0.25) is 0 Å². The van der Waals surface area contributed by atoms with E-state index in [1.807, 2.05) is 43.0 Å². The lowest BCUT2D eigenvalue weighted by Gasteiger charge is -2.18. The van der Waals surface area contributed by atoms with Crippen molar-refractivity contribution in [2.24, 2.45) is 0 Å². The Kier molecular flexibility index (Phi) is 9.70. The predicted molar refractivity (Wildman–Crippen MR) is 136 cm³/mol. The van der Waals surface area contributed by atoms with Gasteiger partial charge in [-0.1, -0.05) is 24.3 Å². The van der Waals surface area contributed by atoms with Gasteiger partial charge < -0.3 is 18.8 Å². The number of hydrogen-bond acceptors (Lipinski definition) is 5. The summed E-state index contributed by atoms with van der Waals surface area (Å²) in [5.41, 5.74) is 4.92. The van der Waals surface area contributed by atoms with Gasteiger partial charge in [0.15, 0.2) is 6.10 Å². The molecule has 0 fully saturated rings. The van der Waals surface area contributed by atoms with Crippen LogP contribution in [0.1, 0.15) is 43.6 Å². The van der Waals surface area contributed by atoms with Crippen LogP contribution in [0.25, 0.3) is 5.57 Å². The summed E-state index contributed by atoms with van der Waals surface area (Å²) in [6.07, 6.45) is 8.73. The molecule has 0 spiro atoms. The number of ether oxygens (including phenoxy) is 3. The third-order valence-corrected chi connectivity index (χ3v) is 6.61. The quantitative estimate of drug-likeness (QED) is 0.367. The highest BCUT2D eigenvalue weighted by Crippen LogP contribution is 2.31. The zero-order valence-electron chi connectivity index (χ0n) is 20.1. The first kappa shape index (κ1) is 25.2. The predicted octanol–water partition coefficient (Wildman–Crippen LogP) is 5.81. The summed E-state index contributed by atoms with van der Waals surface area (Å²) in [6.45, 7) is 8.03. The van der Waals surface area contributed by atoms with Gasteiger partial charge in [-0.15, -0.1) is 11.8 Å². The molecule has 0 aliphatic heterocycles. The molecule has 1 aromatic carbocycles. The lowest BCUT2D eigenvalue weighted by molar-refractivity contribution is -0.156. The lowest BCUT2D eigenvalue weighted by atomic mass is 10.0. The van der Waals surface area contributed by atoms with E-state index >= 15 is 0 Å². The Morgan fingerprint density at radius 3 is 2.48 bits per heavy atom.